The molecule has 0 aliphatic carbocycles. The Morgan fingerprint density at radius 2 is 2.20 bits per heavy atom. The van der Waals surface area contributed by atoms with E-state index in [0.29, 0.717) is 17.9 Å². The number of nitrogens with zero attached hydrogens (tertiary/aromatic N) is 1. The lowest BCUT2D eigenvalue weighted by atomic mass is 10.2. The predicted octanol–water partition coefficient (Wildman–Crippen LogP) is 0.934. The first-order valence-corrected chi connectivity index (χ1v) is 8.69. The second-order valence-electron chi connectivity index (χ2n) is 3.94. The van der Waals surface area contributed by atoms with Crippen molar-refractivity contribution in [3.63, 3.8) is 0 Å². The summed E-state index contributed by atoms with van der Waals surface area (Å²) in [5.74, 6) is 1.19. The quantitative estimate of drug-likeness (QED) is 0.243. The van der Waals surface area contributed by atoms with E-state index in [4.69, 9.17) is 15.7 Å². The molecule has 8 heteroatoms. The zero-order chi connectivity index (χ0) is 15.0. The zero-order valence-electron chi connectivity index (χ0n) is 11.2. The van der Waals surface area contributed by atoms with Gasteiger partial charge < -0.3 is 15.7 Å². The summed E-state index contributed by atoms with van der Waals surface area (Å²) in [4.78, 5) is 0.175. The second-order valence-corrected chi connectivity index (χ2v) is 7.27. The monoisotopic (exact) mass is 318 g/mol. The van der Waals surface area contributed by atoms with E-state index in [-0.39, 0.29) is 16.5 Å². The molecule has 3 N–H and O–H groups in total. The standard InChI is InChI=1S/C12H18N2O4S2/c1-18-5-6-19-7-8-20(16,17)11-4-2-3-10(9-11)12(13)14-15/h2-4,9,15H,5-8H2,1H3,(H2,13,14). The smallest absolute Gasteiger partial charge is 0.179 e. The zero-order valence-corrected chi connectivity index (χ0v) is 12.8. The van der Waals surface area contributed by atoms with Crippen molar-refractivity contribution < 1.29 is 18.4 Å². The SMILES string of the molecule is COCCSCCS(=O)(=O)c1cccc(/C(N)=N/O)c1. The molecular formula is C12H18N2O4S2. The van der Waals surface area contributed by atoms with Gasteiger partial charge in [0.25, 0.3) is 0 Å². The van der Waals surface area contributed by atoms with Crippen LogP contribution < -0.4 is 5.73 Å². The highest BCUT2D eigenvalue weighted by Gasteiger charge is 2.15. The molecule has 6 nitrogen and oxygen atoms in total. The molecule has 1 rings (SSSR count). The van der Waals surface area contributed by atoms with E-state index < -0.39 is 9.84 Å². The molecule has 0 saturated carbocycles. The molecule has 0 heterocycles. The van der Waals surface area contributed by atoms with E-state index in [2.05, 4.69) is 5.16 Å². The highest BCUT2D eigenvalue weighted by molar-refractivity contribution is 8.00. The number of nitrogens with two attached hydrogens (primary N) is 1. The van der Waals surface area contributed by atoms with Crippen molar-refractivity contribution in [1.82, 2.24) is 0 Å². The minimum absolute atomic E-state index is 0.0427. The lowest BCUT2D eigenvalue weighted by Crippen LogP contribution is -2.15. The summed E-state index contributed by atoms with van der Waals surface area (Å²) in [6, 6.07) is 6.06. The van der Waals surface area contributed by atoms with Gasteiger partial charge >= 0.3 is 0 Å². The molecule has 0 aliphatic heterocycles. The third-order valence-electron chi connectivity index (χ3n) is 2.52. The van der Waals surface area contributed by atoms with E-state index in [0.717, 1.165) is 5.75 Å². The van der Waals surface area contributed by atoms with Crippen LogP contribution in [0.3, 0.4) is 0 Å². The van der Waals surface area contributed by atoms with Crippen LogP contribution in [0, 0.1) is 0 Å². The summed E-state index contributed by atoms with van der Waals surface area (Å²) in [5, 5.41) is 11.5. The van der Waals surface area contributed by atoms with Crippen LogP contribution in [0.2, 0.25) is 0 Å². The number of methoxy groups -OCH3 is 1. The summed E-state index contributed by atoms with van der Waals surface area (Å²) in [6.45, 7) is 0.601. The molecule has 0 fully saturated rings. The summed E-state index contributed by atoms with van der Waals surface area (Å²) in [5.41, 5.74) is 5.82. The topological polar surface area (TPSA) is 102 Å². The highest BCUT2D eigenvalue weighted by Crippen LogP contribution is 2.15. The van der Waals surface area contributed by atoms with Crippen LogP contribution in [0.4, 0.5) is 0 Å². The molecule has 1 aromatic rings. The fourth-order valence-electron chi connectivity index (χ4n) is 1.44. The van der Waals surface area contributed by atoms with Crippen molar-refractivity contribution in [1.29, 1.82) is 0 Å². The van der Waals surface area contributed by atoms with Gasteiger partial charge in [-0.2, -0.15) is 11.8 Å². The lowest BCUT2D eigenvalue weighted by molar-refractivity contribution is 0.218. The van der Waals surface area contributed by atoms with Crippen LogP contribution in [-0.4, -0.2) is 50.4 Å². The molecule has 112 valence electrons. The summed E-state index contributed by atoms with van der Waals surface area (Å²) < 4.78 is 29.2. The van der Waals surface area contributed by atoms with Gasteiger partial charge in [0.15, 0.2) is 15.7 Å². The summed E-state index contributed by atoms with van der Waals surface area (Å²) >= 11 is 1.52. The highest BCUT2D eigenvalue weighted by atomic mass is 32.2. The Morgan fingerprint density at radius 3 is 2.85 bits per heavy atom. The van der Waals surface area contributed by atoms with E-state index in [1.807, 2.05) is 0 Å². The van der Waals surface area contributed by atoms with Crippen molar-refractivity contribution in [3.8, 4) is 0 Å². The number of hydrogen-bond donors (Lipinski definition) is 2. The van der Waals surface area contributed by atoms with Gasteiger partial charge in [-0.15, -0.1) is 0 Å². The van der Waals surface area contributed by atoms with Gasteiger partial charge in [0, 0.05) is 24.2 Å². The maximum atomic E-state index is 12.1. The number of thioether (sulfide) groups is 1. The third kappa shape index (κ3) is 5.03. The van der Waals surface area contributed by atoms with Crippen molar-refractivity contribution in [2.75, 3.05) is 31.0 Å². The van der Waals surface area contributed by atoms with Crippen molar-refractivity contribution in [2.45, 2.75) is 4.90 Å². The number of ether oxygens (including phenoxy) is 1. The maximum Gasteiger partial charge on any atom is 0.179 e. The summed E-state index contributed by atoms with van der Waals surface area (Å²) in [6.07, 6.45) is 0. The third-order valence-corrected chi connectivity index (χ3v) is 5.45. The van der Waals surface area contributed by atoms with Gasteiger partial charge in [-0.3, -0.25) is 0 Å². The number of benzene rings is 1. The minimum Gasteiger partial charge on any atom is -0.409 e. The van der Waals surface area contributed by atoms with E-state index in [9.17, 15) is 8.42 Å². The minimum atomic E-state index is -3.37. The molecule has 0 aliphatic rings. The van der Waals surface area contributed by atoms with E-state index in [1.54, 1.807) is 19.2 Å². The molecule has 1 aromatic carbocycles. The van der Waals surface area contributed by atoms with Gasteiger partial charge in [-0.25, -0.2) is 8.42 Å². The van der Waals surface area contributed by atoms with Gasteiger partial charge in [0.1, 0.15) is 0 Å². The summed E-state index contributed by atoms with van der Waals surface area (Å²) in [7, 11) is -1.76. The Labute approximate surface area is 122 Å². The molecule has 0 aromatic heterocycles. The van der Waals surface area contributed by atoms with Crippen molar-refractivity contribution in [3.05, 3.63) is 29.8 Å². The Morgan fingerprint density at radius 1 is 1.45 bits per heavy atom. The van der Waals surface area contributed by atoms with E-state index >= 15 is 0 Å². The molecule has 0 unspecified atom stereocenters. The maximum absolute atomic E-state index is 12.1. The average molecular weight is 318 g/mol. The van der Waals surface area contributed by atoms with Crippen molar-refractivity contribution in [2.24, 2.45) is 10.9 Å². The molecule has 0 spiro atoms. The van der Waals surface area contributed by atoms with Crippen LogP contribution in [-0.2, 0) is 14.6 Å². The molecule has 0 bridgehead atoms. The molecule has 0 amide bonds. The van der Waals surface area contributed by atoms with Gasteiger partial charge in [0.05, 0.1) is 17.3 Å². The Hall–Kier alpha value is -1.25. The number of amidine groups is 1. The molecule has 20 heavy (non-hydrogen) atoms. The number of hydrogen-bond acceptors (Lipinski definition) is 6. The van der Waals surface area contributed by atoms with Crippen molar-refractivity contribution >= 4 is 27.4 Å². The van der Waals surface area contributed by atoms with Crippen LogP contribution >= 0.6 is 11.8 Å². The van der Waals surface area contributed by atoms with Gasteiger partial charge in [-0.05, 0) is 12.1 Å². The fourth-order valence-corrected chi connectivity index (χ4v) is 4.10. The van der Waals surface area contributed by atoms with Crippen LogP contribution in [0.15, 0.2) is 34.3 Å². The number of oxime groups is 1. The first-order valence-electron chi connectivity index (χ1n) is 5.88. The first kappa shape index (κ1) is 16.8. The largest absolute Gasteiger partial charge is 0.409 e. The van der Waals surface area contributed by atoms with Crippen LogP contribution in [0.25, 0.3) is 0 Å². The van der Waals surface area contributed by atoms with Gasteiger partial charge in [-0.1, -0.05) is 17.3 Å². The fraction of sp³-hybridized carbons (Fsp3) is 0.417. The normalized spacial score (nSPS) is 12.6. The lowest BCUT2D eigenvalue weighted by Gasteiger charge is -2.06. The van der Waals surface area contributed by atoms with E-state index in [1.165, 1.54) is 23.9 Å². The second kappa shape index (κ2) is 8.13. The molecular weight excluding hydrogens is 300 g/mol. The first-order chi connectivity index (χ1) is 9.51. The van der Waals surface area contributed by atoms with Crippen LogP contribution in [0.1, 0.15) is 5.56 Å². The Bertz CT molecular complexity index is 558. The number of rotatable bonds is 8. The molecule has 0 saturated heterocycles. The Kier molecular flexibility index (Phi) is 6.83. The Balaban J connectivity index is 2.72. The predicted molar refractivity (Wildman–Crippen MR) is 80.2 cm³/mol. The molecule has 0 atom stereocenters. The number of sulfone groups is 1. The average Bonchev–Trinajstić information content (AvgIpc) is 2.46. The molecule has 0 radical (unpaired) electrons. The van der Waals surface area contributed by atoms with Crippen LogP contribution in [0.5, 0.6) is 0 Å². The van der Waals surface area contributed by atoms with Gasteiger partial charge in [0.2, 0.25) is 0 Å².